The molecule has 1 aromatic heterocycles. The molecule has 0 spiro atoms. The molecule has 0 saturated heterocycles. The van der Waals surface area contributed by atoms with Crippen molar-refractivity contribution >= 4 is 26.8 Å². The Bertz CT molecular complexity index is 673. The SMILES string of the molecule is CC(NC(=O)CS(C)(=O)=O)c1nc2ccccc2[nH]1. The maximum absolute atomic E-state index is 11.5. The number of aromatic nitrogens is 2. The molecule has 2 aromatic rings. The van der Waals surface area contributed by atoms with E-state index < -0.39 is 21.5 Å². The quantitative estimate of drug-likeness (QED) is 0.866. The number of nitrogens with zero attached hydrogens (tertiary/aromatic N) is 1. The second kappa shape index (κ2) is 5.00. The van der Waals surface area contributed by atoms with Crippen LogP contribution in [-0.4, -0.2) is 36.3 Å². The lowest BCUT2D eigenvalue weighted by atomic mass is 10.3. The number of H-pyrrole nitrogens is 1. The maximum Gasteiger partial charge on any atom is 0.235 e. The van der Waals surface area contributed by atoms with E-state index in [1.165, 1.54) is 0 Å². The molecule has 1 amide bonds. The Morgan fingerprint density at radius 2 is 2.11 bits per heavy atom. The highest BCUT2D eigenvalue weighted by molar-refractivity contribution is 7.91. The van der Waals surface area contributed by atoms with Crippen molar-refractivity contribution in [2.75, 3.05) is 12.0 Å². The summed E-state index contributed by atoms with van der Waals surface area (Å²) in [4.78, 5) is 19.0. The number of fused-ring (bicyclic) bond motifs is 1. The Kier molecular flexibility index (Phi) is 3.57. The minimum atomic E-state index is -3.32. The van der Waals surface area contributed by atoms with Crippen LogP contribution in [0, 0.1) is 0 Å². The summed E-state index contributed by atoms with van der Waals surface area (Å²) < 4.78 is 22.0. The summed E-state index contributed by atoms with van der Waals surface area (Å²) in [7, 11) is -3.32. The number of carbonyl (C=O) groups is 1. The zero-order valence-electron chi connectivity index (χ0n) is 10.7. The monoisotopic (exact) mass is 281 g/mol. The molecule has 0 aliphatic heterocycles. The largest absolute Gasteiger partial charge is 0.346 e. The van der Waals surface area contributed by atoms with Crippen molar-refractivity contribution in [2.24, 2.45) is 0 Å². The average Bonchev–Trinajstić information content (AvgIpc) is 2.69. The Morgan fingerprint density at radius 3 is 2.74 bits per heavy atom. The molecule has 1 aromatic carbocycles. The third-order valence-corrected chi connectivity index (χ3v) is 3.38. The van der Waals surface area contributed by atoms with Crippen molar-refractivity contribution in [1.82, 2.24) is 15.3 Å². The second-order valence-corrected chi connectivity index (χ2v) is 6.64. The van der Waals surface area contributed by atoms with Gasteiger partial charge in [0.05, 0.1) is 17.1 Å². The maximum atomic E-state index is 11.5. The molecule has 0 radical (unpaired) electrons. The van der Waals surface area contributed by atoms with Crippen LogP contribution in [0.25, 0.3) is 11.0 Å². The molecule has 0 bridgehead atoms. The fourth-order valence-corrected chi connectivity index (χ4v) is 2.33. The third kappa shape index (κ3) is 3.54. The Hall–Kier alpha value is -1.89. The Morgan fingerprint density at radius 1 is 1.42 bits per heavy atom. The van der Waals surface area contributed by atoms with Gasteiger partial charge in [0.2, 0.25) is 5.91 Å². The van der Waals surface area contributed by atoms with Gasteiger partial charge in [0.1, 0.15) is 11.6 Å². The smallest absolute Gasteiger partial charge is 0.235 e. The van der Waals surface area contributed by atoms with E-state index in [2.05, 4.69) is 15.3 Å². The van der Waals surface area contributed by atoms with E-state index in [0.29, 0.717) is 5.82 Å². The van der Waals surface area contributed by atoms with Gasteiger partial charge in [-0.05, 0) is 19.1 Å². The first kappa shape index (κ1) is 13.5. The second-order valence-electron chi connectivity index (χ2n) is 4.50. The molecule has 1 unspecified atom stereocenters. The summed E-state index contributed by atoms with van der Waals surface area (Å²) in [6, 6.07) is 7.13. The van der Waals surface area contributed by atoms with E-state index in [9.17, 15) is 13.2 Å². The summed E-state index contributed by atoms with van der Waals surface area (Å²) in [5.74, 6) is -0.448. The topological polar surface area (TPSA) is 91.9 Å². The van der Waals surface area contributed by atoms with Gasteiger partial charge in [-0.3, -0.25) is 4.79 Å². The van der Waals surface area contributed by atoms with E-state index in [0.717, 1.165) is 17.3 Å². The fraction of sp³-hybridized carbons (Fsp3) is 0.333. The molecule has 2 N–H and O–H groups in total. The molecule has 1 heterocycles. The predicted molar refractivity (Wildman–Crippen MR) is 72.4 cm³/mol. The van der Waals surface area contributed by atoms with Crippen LogP contribution >= 0.6 is 0 Å². The predicted octanol–water partition coefficient (Wildman–Crippen LogP) is 0.785. The molecule has 102 valence electrons. The van der Waals surface area contributed by atoms with Crippen molar-refractivity contribution in [3.63, 3.8) is 0 Å². The molecule has 0 saturated carbocycles. The van der Waals surface area contributed by atoms with Crippen LogP contribution in [0.4, 0.5) is 0 Å². The summed E-state index contributed by atoms with van der Waals surface area (Å²) in [6.07, 6.45) is 1.03. The number of imidazole rings is 1. The van der Waals surface area contributed by atoms with Gasteiger partial charge >= 0.3 is 0 Å². The first-order valence-electron chi connectivity index (χ1n) is 5.77. The highest BCUT2D eigenvalue weighted by Gasteiger charge is 2.16. The molecule has 0 aliphatic rings. The van der Waals surface area contributed by atoms with Gasteiger partial charge in [0.15, 0.2) is 9.84 Å². The fourth-order valence-electron chi connectivity index (χ4n) is 1.77. The zero-order chi connectivity index (χ0) is 14.0. The van der Waals surface area contributed by atoms with Gasteiger partial charge in [-0.1, -0.05) is 12.1 Å². The van der Waals surface area contributed by atoms with Gasteiger partial charge in [0.25, 0.3) is 0 Å². The Balaban J connectivity index is 2.11. The number of para-hydroxylation sites is 2. The van der Waals surface area contributed by atoms with E-state index in [1.807, 2.05) is 24.3 Å². The summed E-state index contributed by atoms with van der Waals surface area (Å²) in [5, 5.41) is 2.60. The zero-order valence-corrected chi connectivity index (χ0v) is 11.5. The first-order chi connectivity index (χ1) is 8.85. The first-order valence-corrected chi connectivity index (χ1v) is 7.83. The van der Waals surface area contributed by atoms with Crippen molar-refractivity contribution in [2.45, 2.75) is 13.0 Å². The Labute approximate surface area is 111 Å². The van der Waals surface area contributed by atoms with E-state index >= 15 is 0 Å². The number of aromatic amines is 1. The minimum Gasteiger partial charge on any atom is -0.346 e. The van der Waals surface area contributed by atoms with Crippen LogP contribution in [0.15, 0.2) is 24.3 Å². The molecule has 7 heteroatoms. The molecule has 0 aliphatic carbocycles. The number of amides is 1. The van der Waals surface area contributed by atoms with Crippen LogP contribution in [0.5, 0.6) is 0 Å². The standard InChI is InChI=1S/C12H15N3O3S/c1-8(13-11(16)7-19(2,17)18)12-14-9-5-3-4-6-10(9)15-12/h3-6,8H,7H2,1-2H3,(H,13,16)(H,14,15). The van der Waals surface area contributed by atoms with Gasteiger partial charge < -0.3 is 10.3 Å². The number of carbonyl (C=O) groups excluding carboxylic acids is 1. The van der Waals surface area contributed by atoms with E-state index in [1.54, 1.807) is 6.92 Å². The molecule has 0 fully saturated rings. The highest BCUT2D eigenvalue weighted by Crippen LogP contribution is 2.15. The normalized spacial score (nSPS) is 13.4. The summed E-state index contributed by atoms with van der Waals surface area (Å²) >= 11 is 0. The van der Waals surface area contributed by atoms with Crippen molar-refractivity contribution < 1.29 is 13.2 Å². The summed E-state index contributed by atoms with van der Waals surface area (Å²) in [5.41, 5.74) is 1.68. The number of nitrogens with one attached hydrogen (secondary N) is 2. The number of sulfone groups is 1. The van der Waals surface area contributed by atoms with Crippen LogP contribution in [0.3, 0.4) is 0 Å². The number of benzene rings is 1. The van der Waals surface area contributed by atoms with Crippen LogP contribution in [0.1, 0.15) is 18.8 Å². The minimum absolute atomic E-state index is 0.373. The molecule has 2 rings (SSSR count). The molecule has 6 nitrogen and oxygen atoms in total. The lowest BCUT2D eigenvalue weighted by molar-refractivity contribution is -0.119. The van der Waals surface area contributed by atoms with E-state index in [-0.39, 0.29) is 6.04 Å². The third-order valence-electron chi connectivity index (χ3n) is 2.59. The van der Waals surface area contributed by atoms with Crippen molar-refractivity contribution in [1.29, 1.82) is 0 Å². The van der Waals surface area contributed by atoms with Gasteiger partial charge in [-0.2, -0.15) is 0 Å². The van der Waals surface area contributed by atoms with Crippen LogP contribution in [-0.2, 0) is 14.6 Å². The van der Waals surface area contributed by atoms with Crippen LogP contribution < -0.4 is 5.32 Å². The van der Waals surface area contributed by atoms with Gasteiger partial charge in [0, 0.05) is 6.26 Å². The van der Waals surface area contributed by atoms with Crippen molar-refractivity contribution in [3.8, 4) is 0 Å². The molecular weight excluding hydrogens is 266 g/mol. The summed E-state index contributed by atoms with van der Waals surface area (Å²) in [6.45, 7) is 1.75. The number of hydrogen-bond acceptors (Lipinski definition) is 4. The molecular formula is C12H15N3O3S. The van der Waals surface area contributed by atoms with Crippen LogP contribution in [0.2, 0.25) is 0 Å². The lowest BCUT2D eigenvalue weighted by Gasteiger charge is -2.10. The highest BCUT2D eigenvalue weighted by atomic mass is 32.2. The number of hydrogen-bond donors (Lipinski definition) is 2. The lowest BCUT2D eigenvalue weighted by Crippen LogP contribution is -2.32. The molecule has 1 atom stereocenters. The van der Waals surface area contributed by atoms with Crippen molar-refractivity contribution in [3.05, 3.63) is 30.1 Å². The average molecular weight is 281 g/mol. The van der Waals surface area contributed by atoms with Gasteiger partial charge in [-0.15, -0.1) is 0 Å². The van der Waals surface area contributed by atoms with Gasteiger partial charge in [-0.25, -0.2) is 13.4 Å². The van der Waals surface area contributed by atoms with E-state index in [4.69, 9.17) is 0 Å². The molecule has 19 heavy (non-hydrogen) atoms. The number of rotatable bonds is 4.